The quantitative estimate of drug-likeness (QED) is 0.484. The predicted octanol–water partition coefficient (Wildman–Crippen LogP) is 2.24. The molecule has 0 saturated heterocycles. The first-order chi connectivity index (χ1) is 6.27. The van der Waals surface area contributed by atoms with Crippen LogP contribution in [0.5, 0.6) is 0 Å². The summed E-state index contributed by atoms with van der Waals surface area (Å²) in [5.41, 5.74) is 3.73. The van der Waals surface area contributed by atoms with E-state index in [9.17, 15) is 0 Å². The summed E-state index contributed by atoms with van der Waals surface area (Å²) >= 11 is 0. The fourth-order valence-corrected chi connectivity index (χ4v) is 0.939. The van der Waals surface area contributed by atoms with Crippen LogP contribution < -0.4 is 0 Å². The van der Waals surface area contributed by atoms with Gasteiger partial charge in [0.05, 0.1) is 0 Å². The van der Waals surface area contributed by atoms with Crippen LogP contribution >= 0.6 is 8.58 Å². The molecule has 0 amide bonds. The van der Waals surface area contributed by atoms with Crippen LogP contribution in [0.4, 0.5) is 0 Å². The Bertz CT molecular complexity index is 257. The third-order valence-corrected chi connectivity index (χ3v) is 1.87. The fourth-order valence-electron chi connectivity index (χ4n) is 0.484. The van der Waals surface area contributed by atoms with Crippen molar-refractivity contribution in [3.05, 3.63) is 12.2 Å². The van der Waals surface area contributed by atoms with Crippen molar-refractivity contribution in [2.45, 2.75) is 19.5 Å². The van der Waals surface area contributed by atoms with Gasteiger partial charge < -0.3 is 4.74 Å². The fraction of sp³-hybridized carbons (Fsp3) is 0.455. The van der Waals surface area contributed by atoms with Gasteiger partial charge in [-0.05, 0) is 26.4 Å². The predicted molar refractivity (Wildman–Crippen MR) is 60.0 cm³/mol. The van der Waals surface area contributed by atoms with Crippen molar-refractivity contribution in [1.29, 1.82) is 0 Å². The van der Waals surface area contributed by atoms with Gasteiger partial charge in [0.15, 0.2) is 0 Å². The van der Waals surface area contributed by atoms with Gasteiger partial charge in [0.1, 0.15) is 6.61 Å². The van der Waals surface area contributed by atoms with Crippen molar-refractivity contribution in [3.63, 3.8) is 0 Å². The molecule has 0 aromatic heterocycles. The minimum absolute atomic E-state index is 0.478. The molecule has 70 valence electrons. The molecular formula is C11H15OP. The molecule has 0 radical (unpaired) electrons. The molecule has 0 heterocycles. The summed E-state index contributed by atoms with van der Waals surface area (Å²) < 4.78 is 4.76. The summed E-state index contributed by atoms with van der Waals surface area (Å²) in [7, 11) is 2.34. The van der Waals surface area contributed by atoms with E-state index in [2.05, 4.69) is 37.3 Å². The molecule has 0 aliphatic rings. The Morgan fingerprint density at radius 1 is 1.31 bits per heavy atom. The van der Waals surface area contributed by atoms with Gasteiger partial charge in [-0.2, -0.15) is 0 Å². The first-order valence-electron chi connectivity index (χ1n) is 4.15. The number of rotatable bonds is 2. The smallest absolute Gasteiger partial charge is 0.107 e. The van der Waals surface area contributed by atoms with E-state index in [0.29, 0.717) is 20.8 Å². The minimum atomic E-state index is 0.478. The number of methoxy groups -OCH3 is 1. The maximum Gasteiger partial charge on any atom is 0.107 e. The Balaban J connectivity index is 3.61. The lowest BCUT2D eigenvalue weighted by atomic mass is 10.5. The molecule has 0 saturated carbocycles. The molecule has 0 aromatic rings. The summed E-state index contributed by atoms with van der Waals surface area (Å²) in [6.45, 7) is 4.80. The topological polar surface area (TPSA) is 9.23 Å². The maximum absolute atomic E-state index is 4.76. The van der Waals surface area contributed by atoms with Crippen molar-refractivity contribution < 1.29 is 4.74 Å². The summed E-state index contributed by atoms with van der Waals surface area (Å²) in [6, 6.07) is 0. The molecule has 0 fully saturated rings. The Labute approximate surface area is 82.7 Å². The van der Waals surface area contributed by atoms with Gasteiger partial charge in [-0.15, -0.1) is 0 Å². The van der Waals surface area contributed by atoms with Crippen LogP contribution in [0.25, 0.3) is 0 Å². The van der Waals surface area contributed by atoms with Crippen LogP contribution in [0.3, 0.4) is 0 Å². The van der Waals surface area contributed by atoms with E-state index in [1.165, 1.54) is 0 Å². The normalized spacial score (nSPS) is 10.2. The van der Waals surface area contributed by atoms with E-state index in [4.69, 9.17) is 4.74 Å². The van der Waals surface area contributed by atoms with E-state index < -0.39 is 0 Å². The Morgan fingerprint density at radius 3 is 2.62 bits per heavy atom. The van der Waals surface area contributed by atoms with E-state index in [1.807, 2.05) is 0 Å². The van der Waals surface area contributed by atoms with E-state index >= 15 is 0 Å². The Kier molecular flexibility index (Phi) is 8.80. The van der Waals surface area contributed by atoms with Crippen LogP contribution in [0, 0.1) is 23.4 Å². The average molecular weight is 194 g/mol. The Hall–Kier alpha value is -0.750. The third-order valence-electron chi connectivity index (χ3n) is 1.00. The largest absolute Gasteiger partial charge is 0.372 e. The lowest BCUT2D eigenvalue weighted by Gasteiger charge is -1.91. The first-order valence-corrected chi connectivity index (χ1v) is 5.23. The average Bonchev–Trinajstić information content (AvgIpc) is 2.09. The zero-order chi connectivity index (χ0) is 9.94. The summed E-state index contributed by atoms with van der Waals surface area (Å²) in [5, 5.41) is 0. The molecule has 1 nitrogen and oxygen atoms in total. The third kappa shape index (κ3) is 11.2. The number of allylic oxidation sites excluding steroid dienone is 2. The van der Waals surface area contributed by atoms with Crippen molar-refractivity contribution in [3.8, 4) is 23.4 Å². The Morgan fingerprint density at radius 2 is 2.00 bits per heavy atom. The molecule has 13 heavy (non-hydrogen) atoms. The summed E-state index contributed by atoms with van der Waals surface area (Å²) in [6.07, 6.45) is 3.52. The van der Waals surface area contributed by atoms with Gasteiger partial charge in [-0.1, -0.05) is 37.3 Å². The van der Waals surface area contributed by atoms with Crippen LogP contribution in [0.1, 0.15) is 13.8 Å². The molecule has 0 aliphatic carbocycles. The molecule has 0 bridgehead atoms. The number of ether oxygens (including phenoxy) is 1. The zero-order valence-electron chi connectivity index (χ0n) is 8.35. The van der Waals surface area contributed by atoms with Crippen molar-refractivity contribution in [2.24, 2.45) is 0 Å². The molecular weight excluding hydrogens is 179 g/mol. The number of hydrogen-bond acceptors (Lipinski definition) is 1. The summed E-state index contributed by atoms with van der Waals surface area (Å²) in [5.74, 6) is 8.56. The SMILES string of the molecule is COCC#C/C=C\C#CPC(C)C. The van der Waals surface area contributed by atoms with Crippen molar-refractivity contribution in [2.75, 3.05) is 13.7 Å². The highest BCUT2D eigenvalue weighted by Crippen LogP contribution is 2.14. The molecule has 1 unspecified atom stereocenters. The molecule has 0 N–H and O–H groups in total. The second-order valence-corrected chi connectivity index (χ2v) is 4.35. The summed E-state index contributed by atoms with van der Waals surface area (Å²) in [4.78, 5) is 0. The molecule has 2 heteroatoms. The highest BCUT2D eigenvalue weighted by atomic mass is 31.1. The minimum Gasteiger partial charge on any atom is -0.372 e. The second-order valence-electron chi connectivity index (χ2n) is 2.66. The molecule has 0 aliphatic heterocycles. The van der Waals surface area contributed by atoms with Crippen LogP contribution in [0.15, 0.2) is 12.2 Å². The molecule has 1 atom stereocenters. The van der Waals surface area contributed by atoms with E-state index in [-0.39, 0.29) is 0 Å². The lowest BCUT2D eigenvalue weighted by Crippen LogP contribution is -1.79. The van der Waals surface area contributed by atoms with Gasteiger partial charge in [0.25, 0.3) is 0 Å². The van der Waals surface area contributed by atoms with Gasteiger partial charge in [0, 0.05) is 7.11 Å². The number of hydrogen-bond donors (Lipinski definition) is 0. The van der Waals surface area contributed by atoms with E-state index in [1.54, 1.807) is 19.3 Å². The monoisotopic (exact) mass is 194 g/mol. The zero-order valence-corrected chi connectivity index (χ0v) is 9.35. The van der Waals surface area contributed by atoms with Gasteiger partial charge in [-0.3, -0.25) is 0 Å². The van der Waals surface area contributed by atoms with Gasteiger partial charge in [-0.25, -0.2) is 0 Å². The highest BCUT2D eigenvalue weighted by molar-refractivity contribution is 7.44. The first kappa shape index (κ1) is 12.2. The van der Waals surface area contributed by atoms with E-state index in [0.717, 1.165) is 0 Å². The van der Waals surface area contributed by atoms with Gasteiger partial charge in [0.2, 0.25) is 0 Å². The highest BCUT2D eigenvalue weighted by Gasteiger charge is 1.84. The maximum atomic E-state index is 4.76. The molecule has 0 aromatic carbocycles. The van der Waals surface area contributed by atoms with Crippen LogP contribution in [0.2, 0.25) is 0 Å². The van der Waals surface area contributed by atoms with Gasteiger partial charge >= 0.3 is 0 Å². The van der Waals surface area contributed by atoms with Crippen LogP contribution in [-0.2, 0) is 4.74 Å². The lowest BCUT2D eigenvalue weighted by molar-refractivity contribution is 0.240. The molecule has 0 rings (SSSR count). The van der Waals surface area contributed by atoms with Crippen LogP contribution in [-0.4, -0.2) is 19.4 Å². The standard InChI is InChI=1S/C11H15OP/c1-11(2)13-10-8-6-4-5-7-9-12-3/h4,6,11,13H,9H2,1-3H3/b6-4-. The second kappa shape index (κ2) is 9.34. The van der Waals surface area contributed by atoms with Crippen molar-refractivity contribution >= 4 is 8.58 Å². The van der Waals surface area contributed by atoms with Crippen molar-refractivity contribution in [1.82, 2.24) is 0 Å². The molecule has 0 spiro atoms.